The van der Waals surface area contributed by atoms with Crippen molar-refractivity contribution in [3.8, 4) is 0 Å². The van der Waals surface area contributed by atoms with E-state index in [0.717, 1.165) is 11.1 Å². The summed E-state index contributed by atoms with van der Waals surface area (Å²) in [7, 11) is 0. The van der Waals surface area contributed by atoms with Crippen LogP contribution in [0.2, 0.25) is 0 Å². The fourth-order valence-corrected chi connectivity index (χ4v) is 2.10. The zero-order valence-electron chi connectivity index (χ0n) is 13.7. The number of hydrogen-bond donors (Lipinski definition) is 2. The second kappa shape index (κ2) is 7.94. The minimum atomic E-state index is -0.877. The largest absolute Gasteiger partial charge is 0.481 e. The van der Waals surface area contributed by atoms with Gasteiger partial charge in [-0.1, -0.05) is 29.8 Å². The van der Waals surface area contributed by atoms with E-state index in [1.54, 1.807) is 20.8 Å². The lowest BCUT2D eigenvalue weighted by atomic mass is 9.98. The lowest BCUT2D eigenvalue weighted by molar-refractivity contribution is -0.154. The second-order valence-corrected chi connectivity index (χ2v) is 6.45. The van der Waals surface area contributed by atoms with Gasteiger partial charge in [-0.15, -0.1) is 0 Å². The first-order valence-corrected chi connectivity index (χ1v) is 7.38. The molecule has 0 saturated carbocycles. The van der Waals surface area contributed by atoms with Gasteiger partial charge in [0, 0.05) is 6.54 Å². The van der Waals surface area contributed by atoms with Crippen molar-refractivity contribution in [3.05, 3.63) is 35.4 Å². The highest BCUT2D eigenvalue weighted by atomic mass is 16.6. The molecule has 0 heterocycles. The molecule has 1 unspecified atom stereocenters. The minimum Gasteiger partial charge on any atom is -0.481 e. The van der Waals surface area contributed by atoms with Crippen molar-refractivity contribution in [1.82, 2.24) is 5.32 Å². The Kier molecular flexibility index (Phi) is 6.56. The molecule has 1 aromatic rings. The van der Waals surface area contributed by atoms with E-state index in [2.05, 4.69) is 5.32 Å². The number of carboxylic acid groups (broad SMARTS) is 1. The Morgan fingerprint density at radius 1 is 1.32 bits per heavy atom. The van der Waals surface area contributed by atoms with Crippen LogP contribution >= 0.6 is 0 Å². The van der Waals surface area contributed by atoms with E-state index >= 15 is 0 Å². The van der Waals surface area contributed by atoms with Crippen molar-refractivity contribution >= 4 is 11.9 Å². The normalized spacial score (nSPS) is 12.7. The van der Waals surface area contributed by atoms with E-state index < -0.39 is 17.5 Å². The van der Waals surface area contributed by atoms with Crippen molar-refractivity contribution in [2.75, 3.05) is 13.1 Å². The van der Waals surface area contributed by atoms with Gasteiger partial charge in [0.05, 0.1) is 12.5 Å². The summed E-state index contributed by atoms with van der Waals surface area (Å²) in [6.45, 7) is 7.59. The zero-order valence-corrected chi connectivity index (χ0v) is 13.7. The van der Waals surface area contributed by atoms with Gasteiger partial charge < -0.3 is 15.2 Å². The highest BCUT2D eigenvalue weighted by Crippen LogP contribution is 2.11. The van der Waals surface area contributed by atoms with Crippen molar-refractivity contribution in [2.24, 2.45) is 5.92 Å². The third-order valence-electron chi connectivity index (χ3n) is 2.99. The molecule has 0 amide bonds. The number of hydrogen-bond acceptors (Lipinski definition) is 4. The summed E-state index contributed by atoms with van der Waals surface area (Å²) in [5.74, 6) is -1.84. The first kappa shape index (κ1) is 18.2. The Bertz CT molecular complexity index is 520. The number of esters is 1. The maximum atomic E-state index is 11.6. The second-order valence-electron chi connectivity index (χ2n) is 6.45. The van der Waals surface area contributed by atoms with E-state index in [1.807, 2.05) is 31.2 Å². The fraction of sp³-hybridized carbons (Fsp3) is 0.529. The smallest absolute Gasteiger partial charge is 0.320 e. The number of ether oxygens (including phenoxy) is 1. The third kappa shape index (κ3) is 7.22. The van der Waals surface area contributed by atoms with Gasteiger partial charge >= 0.3 is 11.9 Å². The molecule has 0 aliphatic rings. The Morgan fingerprint density at radius 2 is 2.00 bits per heavy atom. The Hall–Kier alpha value is -1.88. The molecule has 1 rings (SSSR count). The van der Waals surface area contributed by atoms with Crippen molar-refractivity contribution in [2.45, 2.75) is 39.7 Å². The molecule has 0 spiro atoms. The van der Waals surface area contributed by atoms with Gasteiger partial charge in [-0.25, -0.2) is 0 Å². The number of benzene rings is 1. The average Bonchev–Trinajstić information content (AvgIpc) is 2.35. The lowest BCUT2D eigenvalue weighted by Gasteiger charge is -2.20. The van der Waals surface area contributed by atoms with Crippen LogP contribution in [0.5, 0.6) is 0 Å². The summed E-state index contributed by atoms with van der Waals surface area (Å²) in [6.07, 6.45) is 0.429. The molecule has 1 aromatic carbocycles. The fourth-order valence-electron chi connectivity index (χ4n) is 2.10. The van der Waals surface area contributed by atoms with Crippen LogP contribution < -0.4 is 5.32 Å². The number of aryl methyl sites for hydroxylation is 1. The summed E-state index contributed by atoms with van der Waals surface area (Å²) < 4.78 is 5.17. The van der Waals surface area contributed by atoms with Crippen molar-refractivity contribution < 1.29 is 19.4 Å². The van der Waals surface area contributed by atoms with Gasteiger partial charge in [0.1, 0.15) is 5.60 Å². The molecule has 2 N–H and O–H groups in total. The number of nitrogens with one attached hydrogen (secondary N) is 1. The van der Waals surface area contributed by atoms with Crippen LogP contribution in [0.25, 0.3) is 0 Å². The first-order chi connectivity index (χ1) is 10.2. The van der Waals surface area contributed by atoms with Crippen LogP contribution in [-0.2, 0) is 20.7 Å². The van der Waals surface area contributed by atoms with Gasteiger partial charge in [0.25, 0.3) is 0 Å². The molecule has 0 aliphatic heterocycles. The lowest BCUT2D eigenvalue weighted by Crippen LogP contribution is -2.36. The summed E-state index contributed by atoms with van der Waals surface area (Å²) in [5.41, 5.74) is 1.54. The molecule has 0 radical (unpaired) electrons. The zero-order chi connectivity index (χ0) is 16.8. The minimum absolute atomic E-state index is 0.00880. The molecule has 122 valence electrons. The molecule has 0 bridgehead atoms. The van der Waals surface area contributed by atoms with E-state index in [4.69, 9.17) is 4.74 Å². The average molecular weight is 307 g/mol. The predicted octanol–water partition coefficient (Wildman–Crippen LogP) is 2.17. The number of carboxylic acids is 1. The monoisotopic (exact) mass is 307 g/mol. The number of rotatable bonds is 7. The predicted molar refractivity (Wildman–Crippen MR) is 84.7 cm³/mol. The Morgan fingerprint density at radius 3 is 2.55 bits per heavy atom. The molecule has 22 heavy (non-hydrogen) atoms. The molecule has 5 nitrogen and oxygen atoms in total. The van der Waals surface area contributed by atoms with Crippen LogP contribution in [0.3, 0.4) is 0 Å². The first-order valence-electron chi connectivity index (χ1n) is 7.38. The van der Waals surface area contributed by atoms with Crippen molar-refractivity contribution in [1.29, 1.82) is 0 Å². The van der Waals surface area contributed by atoms with Crippen LogP contribution in [0.15, 0.2) is 24.3 Å². The topological polar surface area (TPSA) is 75.6 Å². The Labute approximate surface area is 131 Å². The SMILES string of the molecule is Cc1cccc(CC(CNCC(=O)OC(C)(C)C)C(=O)O)c1. The molecule has 5 heteroatoms. The quantitative estimate of drug-likeness (QED) is 0.755. The third-order valence-corrected chi connectivity index (χ3v) is 2.99. The van der Waals surface area contributed by atoms with E-state index in [0.29, 0.717) is 6.42 Å². The van der Waals surface area contributed by atoms with Crippen LogP contribution in [0, 0.1) is 12.8 Å². The maximum Gasteiger partial charge on any atom is 0.320 e. The van der Waals surface area contributed by atoms with E-state index in [1.165, 1.54) is 0 Å². The van der Waals surface area contributed by atoms with Gasteiger partial charge in [-0.05, 0) is 39.7 Å². The number of aliphatic carboxylic acids is 1. The standard InChI is InChI=1S/C17H25NO4/c1-12-6-5-7-13(8-12)9-14(16(20)21)10-18-11-15(19)22-17(2,3)4/h5-8,14,18H,9-11H2,1-4H3,(H,20,21). The molecule has 0 saturated heterocycles. The molecule has 0 aliphatic carbocycles. The van der Waals surface area contributed by atoms with E-state index in [9.17, 15) is 14.7 Å². The van der Waals surface area contributed by atoms with E-state index in [-0.39, 0.29) is 19.1 Å². The summed E-state index contributed by atoms with van der Waals surface area (Å²) in [4.78, 5) is 22.9. The highest BCUT2D eigenvalue weighted by Gasteiger charge is 2.20. The number of carbonyl (C=O) groups excluding carboxylic acids is 1. The maximum absolute atomic E-state index is 11.6. The van der Waals surface area contributed by atoms with Crippen LogP contribution in [0.4, 0.5) is 0 Å². The van der Waals surface area contributed by atoms with Crippen LogP contribution in [0.1, 0.15) is 31.9 Å². The number of carbonyl (C=O) groups is 2. The van der Waals surface area contributed by atoms with Crippen LogP contribution in [-0.4, -0.2) is 35.7 Å². The molecular weight excluding hydrogens is 282 g/mol. The van der Waals surface area contributed by atoms with Gasteiger partial charge in [0.2, 0.25) is 0 Å². The molecular formula is C17H25NO4. The van der Waals surface area contributed by atoms with Gasteiger partial charge in [-0.2, -0.15) is 0 Å². The highest BCUT2D eigenvalue weighted by molar-refractivity contribution is 5.73. The molecule has 1 atom stereocenters. The summed E-state index contributed by atoms with van der Waals surface area (Å²) >= 11 is 0. The summed E-state index contributed by atoms with van der Waals surface area (Å²) in [5, 5.41) is 12.2. The molecule has 0 aromatic heterocycles. The van der Waals surface area contributed by atoms with Gasteiger partial charge in [0.15, 0.2) is 0 Å². The van der Waals surface area contributed by atoms with Gasteiger partial charge in [-0.3, -0.25) is 9.59 Å². The van der Waals surface area contributed by atoms with Crippen molar-refractivity contribution in [3.63, 3.8) is 0 Å². The molecule has 0 fully saturated rings. The summed E-state index contributed by atoms with van der Waals surface area (Å²) in [6, 6.07) is 7.78. The Balaban J connectivity index is 2.48.